The Hall–Kier alpha value is -4.22. The van der Waals surface area contributed by atoms with Crippen LogP contribution in [-0.2, 0) is 9.59 Å². The van der Waals surface area contributed by atoms with Gasteiger partial charge in [0.25, 0.3) is 0 Å². The van der Waals surface area contributed by atoms with Gasteiger partial charge in [0.2, 0.25) is 17.6 Å². The number of rotatable bonds is 5. The third-order valence-electron chi connectivity index (χ3n) is 4.60. The summed E-state index contributed by atoms with van der Waals surface area (Å²) in [4.78, 5) is 44.2. The normalized spacial score (nSPS) is 16.0. The number of halogens is 1. The molecule has 152 valence electrons. The van der Waals surface area contributed by atoms with Gasteiger partial charge in [-0.2, -0.15) is 9.49 Å². The van der Waals surface area contributed by atoms with E-state index in [1.165, 1.54) is 34.5 Å². The van der Waals surface area contributed by atoms with Crippen LogP contribution in [0, 0.1) is 21.8 Å². The zero-order valence-electron chi connectivity index (χ0n) is 15.3. The first-order valence-corrected chi connectivity index (χ1v) is 8.78. The third kappa shape index (κ3) is 3.70. The summed E-state index contributed by atoms with van der Waals surface area (Å²) in [6, 6.07) is 6.47. The van der Waals surface area contributed by atoms with Crippen molar-refractivity contribution in [2.75, 3.05) is 16.8 Å². The summed E-state index contributed by atoms with van der Waals surface area (Å²) < 4.78 is 15.0. The first-order valence-electron chi connectivity index (χ1n) is 8.78. The minimum Gasteiger partial charge on any atom is -0.324 e. The second kappa shape index (κ2) is 7.66. The molecule has 2 amide bonds. The molecule has 1 aliphatic rings. The van der Waals surface area contributed by atoms with Crippen molar-refractivity contribution in [2.24, 2.45) is 5.92 Å². The summed E-state index contributed by atoms with van der Waals surface area (Å²) >= 11 is 0. The van der Waals surface area contributed by atoms with Crippen molar-refractivity contribution in [3.8, 4) is 5.82 Å². The molecule has 4 rings (SSSR count). The van der Waals surface area contributed by atoms with Crippen molar-refractivity contribution >= 4 is 28.9 Å². The van der Waals surface area contributed by atoms with E-state index in [2.05, 4.69) is 20.4 Å². The summed E-state index contributed by atoms with van der Waals surface area (Å²) in [5.74, 6) is -1.91. The van der Waals surface area contributed by atoms with Crippen LogP contribution in [0.15, 0.2) is 49.2 Å². The second-order valence-electron chi connectivity index (χ2n) is 6.53. The monoisotopic (exact) mass is 411 g/mol. The van der Waals surface area contributed by atoms with E-state index in [-0.39, 0.29) is 24.6 Å². The topological polar surface area (TPSA) is 136 Å². The zero-order valence-corrected chi connectivity index (χ0v) is 15.3. The molecule has 1 saturated heterocycles. The highest BCUT2D eigenvalue weighted by molar-refractivity contribution is 6.03. The largest absolute Gasteiger partial charge is 0.324 e. The molecule has 3 heterocycles. The van der Waals surface area contributed by atoms with Crippen molar-refractivity contribution in [3.05, 3.63) is 65.1 Å². The van der Waals surface area contributed by atoms with Gasteiger partial charge in [0.15, 0.2) is 5.82 Å². The summed E-state index contributed by atoms with van der Waals surface area (Å²) in [7, 11) is 0. The number of nitrogens with zero attached hydrogens (tertiary/aromatic N) is 6. The highest BCUT2D eigenvalue weighted by Gasteiger charge is 2.36. The van der Waals surface area contributed by atoms with E-state index in [1.807, 2.05) is 0 Å². The number of carbonyl (C=O) groups excluding carboxylic acids is 2. The van der Waals surface area contributed by atoms with Gasteiger partial charge in [0.05, 0.1) is 28.4 Å². The predicted octanol–water partition coefficient (Wildman–Crippen LogP) is 1.70. The van der Waals surface area contributed by atoms with E-state index in [0.717, 1.165) is 12.1 Å². The fourth-order valence-corrected chi connectivity index (χ4v) is 3.11. The molecule has 1 atom stereocenters. The van der Waals surface area contributed by atoms with Crippen LogP contribution >= 0.6 is 0 Å². The minimum atomic E-state index is -0.994. The van der Waals surface area contributed by atoms with Crippen LogP contribution in [0.25, 0.3) is 5.82 Å². The Kier molecular flexibility index (Phi) is 4.88. The third-order valence-corrected chi connectivity index (χ3v) is 4.60. The van der Waals surface area contributed by atoms with Crippen molar-refractivity contribution in [2.45, 2.75) is 6.42 Å². The van der Waals surface area contributed by atoms with Crippen LogP contribution in [0.5, 0.6) is 0 Å². The molecule has 3 aromatic rings. The van der Waals surface area contributed by atoms with Gasteiger partial charge in [0.1, 0.15) is 12.7 Å². The molecule has 1 aromatic carbocycles. The van der Waals surface area contributed by atoms with Crippen LogP contribution in [0.4, 0.5) is 21.5 Å². The Balaban J connectivity index is 1.44. The summed E-state index contributed by atoms with van der Waals surface area (Å²) in [6.07, 6.45) is 4.24. The highest BCUT2D eigenvalue weighted by atomic mass is 19.1. The molecule has 11 nitrogen and oxygen atoms in total. The van der Waals surface area contributed by atoms with Gasteiger partial charge in [-0.05, 0) is 24.3 Å². The molecular formula is C18H14FN7O4. The Morgan fingerprint density at radius 3 is 2.80 bits per heavy atom. The summed E-state index contributed by atoms with van der Waals surface area (Å²) in [6.45, 7) is 0.0257. The molecule has 0 saturated carbocycles. The molecule has 0 spiro atoms. The Morgan fingerprint density at radius 2 is 2.13 bits per heavy atom. The molecule has 0 aliphatic carbocycles. The molecule has 1 aliphatic heterocycles. The SMILES string of the molecule is O=C(Nc1ccc(-n2cncn2)nc1)C1CC(=O)N(c2ccc(F)c([N+](=O)[O-])c2)C1. The average molecular weight is 411 g/mol. The van der Waals surface area contributed by atoms with Crippen LogP contribution in [0.1, 0.15) is 6.42 Å². The molecule has 12 heteroatoms. The molecule has 2 aromatic heterocycles. The maximum absolute atomic E-state index is 13.5. The van der Waals surface area contributed by atoms with Gasteiger partial charge in [-0.15, -0.1) is 0 Å². The average Bonchev–Trinajstić information content (AvgIpc) is 3.39. The minimum absolute atomic E-state index is 0.0257. The maximum Gasteiger partial charge on any atom is 0.306 e. The number of pyridine rings is 1. The van der Waals surface area contributed by atoms with E-state index in [9.17, 15) is 24.1 Å². The van der Waals surface area contributed by atoms with Gasteiger partial charge in [-0.1, -0.05) is 0 Å². The number of nitro benzene ring substituents is 1. The first-order chi connectivity index (χ1) is 14.4. The van der Waals surface area contributed by atoms with E-state index in [4.69, 9.17) is 0 Å². The number of nitrogens with one attached hydrogen (secondary N) is 1. The lowest BCUT2D eigenvalue weighted by Gasteiger charge is -2.16. The van der Waals surface area contributed by atoms with Gasteiger partial charge in [-0.25, -0.2) is 14.6 Å². The molecule has 1 unspecified atom stereocenters. The van der Waals surface area contributed by atoms with E-state index >= 15 is 0 Å². The van der Waals surface area contributed by atoms with E-state index < -0.39 is 28.3 Å². The highest BCUT2D eigenvalue weighted by Crippen LogP contribution is 2.30. The van der Waals surface area contributed by atoms with E-state index in [0.29, 0.717) is 11.5 Å². The lowest BCUT2D eigenvalue weighted by atomic mass is 10.1. The standard InChI is InChI=1S/C18H14FN7O4/c19-14-3-2-13(6-15(14)26(29)30)24-8-11(5-17(24)27)18(28)23-12-1-4-16(21-7-12)25-10-20-9-22-25/h1-4,6-7,9-11H,5,8H2,(H,23,28). The Labute approximate surface area is 168 Å². The fraction of sp³-hybridized carbons (Fsp3) is 0.167. The maximum atomic E-state index is 13.5. The number of nitro groups is 1. The van der Waals surface area contributed by atoms with Crippen LogP contribution in [0.2, 0.25) is 0 Å². The molecule has 1 N–H and O–H groups in total. The second-order valence-corrected chi connectivity index (χ2v) is 6.53. The van der Waals surface area contributed by atoms with Crippen LogP contribution in [-0.4, -0.2) is 43.0 Å². The molecule has 0 bridgehead atoms. The summed E-state index contributed by atoms with van der Waals surface area (Å²) in [5.41, 5.74) is -0.124. The number of hydrogen-bond donors (Lipinski definition) is 1. The number of carbonyl (C=O) groups is 2. The van der Waals surface area contributed by atoms with Gasteiger partial charge in [-0.3, -0.25) is 19.7 Å². The van der Waals surface area contributed by atoms with Crippen molar-refractivity contribution in [1.29, 1.82) is 0 Å². The van der Waals surface area contributed by atoms with Crippen molar-refractivity contribution in [1.82, 2.24) is 19.7 Å². The lowest BCUT2D eigenvalue weighted by Crippen LogP contribution is -2.28. The Morgan fingerprint density at radius 1 is 1.30 bits per heavy atom. The molecule has 30 heavy (non-hydrogen) atoms. The number of anilines is 2. The molecular weight excluding hydrogens is 397 g/mol. The van der Waals surface area contributed by atoms with Gasteiger partial charge in [0, 0.05) is 19.0 Å². The van der Waals surface area contributed by atoms with Crippen molar-refractivity contribution in [3.63, 3.8) is 0 Å². The first kappa shape index (κ1) is 19.1. The zero-order chi connectivity index (χ0) is 21.3. The number of benzene rings is 1. The quantitative estimate of drug-likeness (QED) is 0.498. The Bertz CT molecular complexity index is 1120. The van der Waals surface area contributed by atoms with Crippen LogP contribution < -0.4 is 10.2 Å². The molecule has 0 radical (unpaired) electrons. The fourth-order valence-electron chi connectivity index (χ4n) is 3.11. The van der Waals surface area contributed by atoms with Crippen LogP contribution in [0.3, 0.4) is 0 Å². The van der Waals surface area contributed by atoms with Gasteiger partial charge >= 0.3 is 5.69 Å². The number of hydrogen-bond acceptors (Lipinski definition) is 7. The van der Waals surface area contributed by atoms with Crippen molar-refractivity contribution < 1.29 is 18.9 Å². The lowest BCUT2D eigenvalue weighted by molar-refractivity contribution is -0.387. The number of amides is 2. The summed E-state index contributed by atoms with van der Waals surface area (Å²) in [5, 5.41) is 17.6. The van der Waals surface area contributed by atoms with E-state index in [1.54, 1.807) is 12.1 Å². The predicted molar refractivity (Wildman–Crippen MR) is 101 cm³/mol. The van der Waals surface area contributed by atoms with Gasteiger partial charge < -0.3 is 10.2 Å². The smallest absolute Gasteiger partial charge is 0.306 e. The molecule has 1 fully saturated rings. The number of aromatic nitrogens is 4.